The number of amides is 1. The number of aromatic hydroxyl groups is 1. The van der Waals surface area contributed by atoms with Gasteiger partial charge in [0.25, 0.3) is 5.91 Å². The summed E-state index contributed by atoms with van der Waals surface area (Å²) in [6.07, 6.45) is 1.45. The van der Waals surface area contributed by atoms with Gasteiger partial charge in [-0.2, -0.15) is 5.10 Å². The number of phenols is 1. The number of benzene rings is 4. The molecule has 2 N–H and O–H groups in total. The van der Waals surface area contributed by atoms with E-state index in [0.717, 1.165) is 16.3 Å². The fraction of sp³-hybridized carbons (Fsp3) is 0.143. The van der Waals surface area contributed by atoms with Crippen molar-refractivity contribution in [2.45, 2.75) is 20.5 Å². The molecule has 1 amide bonds. The zero-order valence-electron chi connectivity index (χ0n) is 19.4. The highest BCUT2D eigenvalue weighted by atomic mass is 35.5. The first-order chi connectivity index (χ1) is 16.9. The van der Waals surface area contributed by atoms with Gasteiger partial charge in [0.1, 0.15) is 12.4 Å². The molecule has 6 nitrogen and oxygen atoms in total. The second-order valence-electron chi connectivity index (χ2n) is 7.95. The summed E-state index contributed by atoms with van der Waals surface area (Å²) in [6.45, 7) is 4.67. The minimum absolute atomic E-state index is 0.117. The van der Waals surface area contributed by atoms with Gasteiger partial charge in [0.15, 0.2) is 11.5 Å². The standard InChI is InChI=1S/C28H25ClN2O4/c1-3-34-26-13-20(12-24(29)27(26)35-17-19-10-8-18(2)9-11-19)16-30-31-28(33)23-14-21-6-4-5-7-22(21)15-25(23)32/h4-16,32H,3,17H2,1-2H3,(H,31,33). The number of nitrogens with zero attached hydrogens (tertiary/aromatic N) is 1. The smallest absolute Gasteiger partial charge is 0.275 e. The van der Waals surface area contributed by atoms with Crippen LogP contribution in [0.2, 0.25) is 5.02 Å². The summed E-state index contributed by atoms with van der Waals surface area (Å²) in [5.41, 5.74) is 5.38. The molecule has 0 atom stereocenters. The molecule has 0 saturated heterocycles. The third kappa shape index (κ3) is 5.91. The fourth-order valence-corrected chi connectivity index (χ4v) is 3.81. The number of aryl methyl sites for hydroxylation is 1. The average molecular weight is 489 g/mol. The normalized spacial score (nSPS) is 11.1. The van der Waals surface area contributed by atoms with Crippen LogP contribution in [0, 0.1) is 6.92 Å². The van der Waals surface area contributed by atoms with Crippen LogP contribution in [0.4, 0.5) is 0 Å². The van der Waals surface area contributed by atoms with Gasteiger partial charge in [-0.25, -0.2) is 5.43 Å². The molecule has 0 bridgehead atoms. The number of carbonyl (C=O) groups is 1. The Morgan fingerprint density at radius 1 is 1.03 bits per heavy atom. The van der Waals surface area contributed by atoms with Crippen molar-refractivity contribution in [2.75, 3.05) is 6.61 Å². The fourth-order valence-electron chi connectivity index (χ4n) is 3.54. The van der Waals surface area contributed by atoms with Crippen LogP contribution in [0.5, 0.6) is 17.2 Å². The number of phenolic OH excluding ortho intramolecular Hbond substituents is 1. The number of hydrogen-bond acceptors (Lipinski definition) is 5. The maximum Gasteiger partial charge on any atom is 0.275 e. The summed E-state index contributed by atoms with van der Waals surface area (Å²) in [6, 6.07) is 22.1. The molecule has 0 spiro atoms. The lowest BCUT2D eigenvalue weighted by Crippen LogP contribution is -2.17. The Balaban J connectivity index is 1.48. The molecule has 4 aromatic carbocycles. The number of halogens is 1. The van der Waals surface area contributed by atoms with Gasteiger partial charge >= 0.3 is 0 Å². The largest absolute Gasteiger partial charge is 0.507 e. The van der Waals surface area contributed by atoms with E-state index < -0.39 is 5.91 Å². The van der Waals surface area contributed by atoms with Crippen molar-refractivity contribution in [3.63, 3.8) is 0 Å². The molecule has 0 aliphatic heterocycles. The Bertz CT molecular complexity index is 1380. The molecule has 35 heavy (non-hydrogen) atoms. The molecule has 0 aliphatic rings. The lowest BCUT2D eigenvalue weighted by molar-refractivity contribution is 0.0952. The number of nitrogens with one attached hydrogen (secondary N) is 1. The van der Waals surface area contributed by atoms with Crippen LogP contribution in [0.25, 0.3) is 10.8 Å². The molecule has 4 aromatic rings. The monoisotopic (exact) mass is 488 g/mol. The van der Waals surface area contributed by atoms with Crippen molar-refractivity contribution in [3.8, 4) is 17.2 Å². The number of ether oxygens (including phenoxy) is 2. The van der Waals surface area contributed by atoms with Gasteiger partial charge in [0, 0.05) is 0 Å². The van der Waals surface area contributed by atoms with Gasteiger partial charge in [0.05, 0.1) is 23.4 Å². The summed E-state index contributed by atoms with van der Waals surface area (Å²) >= 11 is 6.49. The minimum Gasteiger partial charge on any atom is -0.507 e. The predicted molar refractivity (Wildman–Crippen MR) is 139 cm³/mol. The van der Waals surface area contributed by atoms with Crippen LogP contribution in [0.1, 0.15) is 34.0 Å². The third-order valence-electron chi connectivity index (χ3n) is 5.32. The van der Waals surface area contributed by atoms with Crippen LogP contribution < -0.4 is 14.9 Å². The van der Waals surface area contributed by atoms with Crippen LogP contribution >= 0.6 is 11.6 Å². The van der Waals surface area contributed by atoms with Crippen molar-refractivity contribution in [2.24, 2.45) is 5.10 Å². The number of hydrogen-bond donors (Lipinski definition) is 2. The van der Waals surface area contributed by atoms with Crippen LogP contribution in [0.3, 0.4) is 0 Å². The van der Waals surface area contributed by atoms with Gasteiger partial charge in [-0.15, -0.1) is 0 Å². The Hall–Kier alpha value is -4.03. The van der Waals surface area contributed by atoms with E-state index in [0.29, 0.717) is 35.3 Å². The summed E-state index contributed by atoms with van der Waals surface area (Å²) in [4.78, 5) is 12.6. The van der Waals surface area contributed by atoms with E-state index in [4.69, 9.17) is 21.1 Å². The molecule has 0 unspecified atom stereocenters. The molecular weight excluding hydrogens is 464 g/mol. The molecular formula is C28H25ClN2O4. The van der Waals surface area contributed by atoms with E-state index in [2.05, 4.69) is 10.5 Å². The Labute approximate surface area is 208 Å². The summed E-state index contributed by atoms with van der Waals surface area (Å²) in [5.74, 6) is 0.273. The van der Waals surface area contributed by atoms with Crippen molar-refractivity contribution in [1.82, 2.24) is 5.43 Å². The highest BCUT2D eigenvalue weighted by Gasteiger charge is 2.14. The van der Waals surface area contributed by atoms with Gasteiger partial charge in [-0.3, -0.25) is 4.79 Å². The predicted octanol–water partition coefficient (Wildman–Crippen LogP) is 6.25. The molecule has 0 fully saturated rings. The van der Waals surface area contributed by atoms with Crippen molar-refractivity contribution >= 4 is 34.5 Å². The summed E-state index contributed by atoms with van der Waals surface area (Å²) in [5, 5.41) is 16.3. The zero-order valence-corrected chi connectivity index (χ0v) is 20.2. The summed E-state index contributed by atoms with van der Waals surface area (Å²) in [7, 11) is 0. The van der Waals surface area contributed by atoms with Crippen LogP contribution in [-0.4, -0.2) is 23.8 Å². The van der Waals surface area contributed by atoms with Gasteiger partial charge < -0.3 is 14.6 Å². The molecule has 0 heterocycles. The number of hydrazone groups is 1. The van der Waals surface area contributed by atoms with Gasteiger partial charge in [0.2, 0.25) is 0 Å². The molecule has 178 valence electrons. The molecule has 0 radical (unpaired) electrons. The molecule has 0 aliphatic carbocycles. The molecule has 7 heteroatoms. The van der Waals surface area contributed by atoms with Gasteiger partial charge in [-0.05, 0) is 60.0 Å². The van der Waals surface area contributed by atoms with Crippen LogP contribution in [-0.2, 0) is 6.61 Å². The minimum atomic E-state index is -0.529. The maximum atomic E-state index is 12.6. The van der Waals surface area contributed by atoms with Crippen molar-refractivity contribution < 1.29 is 19.4 Å². The second kappa shape index (κ2) is 10.9. The number of carbonyl (C=O) groups excluding carboxylic acids is 1. The maximum absolute atomic E-state index is 12.6. The zero-order chi connectivity index (χ0) is 24.8. The number of fused-ring (bicyclic) bond motifs is 1. The first-order valence-electron chi connectivity index (χ1n) is 11.1. The molecule has 0 aromatic heterocycles. The highest BCUT2D eigenvalue weighted by molar-refractivity contribution is 6.32. The Kier molecular flexibility index (Phi) is 7.53. The van der Waals surface area contributed by atoms with E-state index >= 15 is 0 Å². The van der Waals surface area contributed by atoms with Gasteiger partial charge in [-0.1, -0.05) is 65.7 Å². The topological polar surface area (TPSA) is 80.2 Å². The summed E-state index contributed by atoms with van der Waals surface area (Å²) < 4.78 is 11.7. The van der Waals surface area contributed by atoms with E-state index in [-0.39, 0.29) is 11.3 Å². The van der Waals surface area contributed by atoms with E-state index in [1.165, 1.54) is 11.8 Å². The SMILES string of the molecule is CCOc1cc(C=NNC(=O)c2cc3ccccc3cc2O)cc(Cl)c1OCc1ccc(C)cc1. The molecule has 4 rings (SSSR count). The lowest BCUT2D eigenvalue weighted by Gasteiger charge is -2.14. The highest BCUT2D eigenvalue weighted by Crippen LogP contribution is 2.37. The first-order valence-corrected chi connectivity index (χ1v) is 11.5. The average Bonchev–Trinajstić information content (AvgIpc) is 2.84. The quantitative estimate of drug-likeness (QED) is 0.227. The van der Waals surface area contributed by atoms with E-state index in [9.17, 15) is 9.90 Å². The first kappa shape index (κ1) is 24.1. The third-order valence-corrected chi connectivity index (χ3v) is 5.60. The lowest BCUT2D eigenvalue weighted by atomic mass is 10.1. The van der Waals surface area contributed by atoms with Crippen LogP contribution in [0.15, 0.2) is 77.9 Å². The Morgan fingerprint density at radius 3 is 2.46 bits per heavy atom. The Morgan fingerprint density at radius 2 is 1.74 bits per heavy atom. The van der Waals surface area contributed by atoms with E-state index in [1.54, 1.807) is 24.3 Å². The molecule has 0 saturated carbocycles. The number of rotatable bonds is 8. The second-order valence-corrected chi connectivity index (χ2v) is 8.36. The van der Waals surface area contributed by atoms with Crippen molar-refractivity contribution in [3.05, 3.63) is 100 Å². The van der Waals surface area contributed by atoms with E-state index in [1.807, 2.05) is 62.4 Å². The van der Waals surface area contributed by atoms with Crippen molar-refractivity contribution in [1.29, 1.82) is 0 Å².